The molecule has 6 heteroatoms. The Kier molecular flexibility index (Phi) is 5.14. The molecule has 2 N–H and O–H groups in total. The molecule has 0 unspecified atom stereocenters. The molecular formula is C15H17N3O2S. The molecule has 0 bridgehead atoms. The van der Waals surface area contributed by atoms with Crippen LogP contribution in [0.4, 0.5) is 0 Å². The Morgan fingerprint density at radius 3 is 2.86 bits per heavy atom. The highest BCUT2D eigenvalue weighted by Gasteiger charge is 2.09. The van der Waals surface area contributed by atoms with Crippen molar-refractivity contribution < 1.29 is 0 Å². The summed E-state index contributed by atoms with van der Waals surface area (Å²) in [7, 11) is 0. The molecular weight excluding hydrogens is 286 g/mol. The Labute approximate surface area is 126 Å². The van der Waals surface area contributed by atoms with E-state index >= 15 is 0 Å². The van der Waals surface area contributed by atoms with Crippen LogP contribution < -0.4 is 17.0 Å². The third-order valence-corrected chi connectivity index (χ3v) is 3.88. The molecule has 0 aliphatic carbocycles. The summed E-state index contributed by atoms with van der Waals surface area (Å²) >= 11 is 1.48. The first-order chi connectivity index (χ1) is 10.2. The zero-order valence-electron chi connectivity index (χ0n) is 11.8. The summed E-state index contributed by atoms with van der Waals surface area (Å²) in [6, 6.07) is 3.30. The van der Waals surface area contributed by atoms with E-state index in [-0.39, 0.29) is 24.3 Å². The Hall–Kier alpha value is -2.10. The molecule has 21 heavy (non-hydrogen) atoms. The molecule has 0 atom stereocenters. The quantitative estimate of drug-likeness (QED) is 0.851. The Bertz CT molecular complexity index is 789. The highest BCUT2D eigenvalue weighted by Crippen LogP contribution is 2.16. The first kappa shape index (κ1) is 15.3. The van der Waals surface area contributed by atoms with E-state index in [0.29, 0.717) is 6.54 Å². The summed E-state index contributed by atoms with van der Waals surface area (Å²) in [5.41, 5.74) is 5.62. The van der Waals surface area contributed by atoms with Gasteiger partial charge in [-0.15, -0.1) is 11.3 Å². The normalized spacial score (nSPS) is 10.2. The molecule has 2 aromatic heterocycles. The Morgan fingerprint density at radius 2 is 2.14 bits per heavy atom. The molecule has 0 amide bonds. The lowest BCUT2D eigenvalue weighted by Gasteiger charge is -2.08. The van der Waals surface area contributed by atoms with E-state index in [1.54, 1.807) is 10.8 Å². The largest absolute Gasteiger partial charge is 0.331 e. The lowest BCUT2D eigenvalue weighted by atomic mass is 10.2. The molecule has 0 saturated heterocycles. The zero-order chi connectivity index (χ0) is 15.2. The summed E-state index contributed by atoms with van der Waals surface area (Å²) in [6.45, 7) is 3.11. The summed E-state index contributed by atoms with van der Waals surface area (Å²) < 4.78 is 2.80. The molecule has 0 fully saturated rings. The van der Waals surface area contributed by atoms with Crippen molar-refractivity contribution in [2.45, 2.75) is 26.4 Å². The van der Waals surface area contributed by atoms with E-state index in [1.807, 2.05) is 18.4 Å². The minimum Gasteiger partial charge on any atom is -0.320 e. The van der Waals surface area contributed by atoms with Crippen molar-refractivity contribution in [2.75, 3.05) is 6.54 Å². The van der Waals surface area contributed by atoms with Gasteiger partial charge in [-0.1, -0.05) is 18.8 Å². The maximum atomic E-state index is 12.3. The van der Waals surface area contributed by atoms with Gasteiger partial charge in [-0.05, 0) is 17.9 Å². The number of aryl methyl sites for hydroxylation is 1. The van der Waals surface area contributed by atoms with Crippen molar-refractivity contribution in [3.63, 3.8) is 0 Å². The molecule has 5 nitrogen and oxygen atoms in total. The fourth-order valence-corrected chi connectivity index (χ4v) is 2.80. The van der Waals surface area contributed by atoms with Crippen LogP contribution in [0.15, 0.2) is 33.3 Å². The lowest BCUT2D eigenvalue weighted by Crippen LogP contribution is -2.39. The second-order valence-corrected chi connectivity index (χ2v) is 5.48. The molecule has 0 aliphatic rings. The van der Waals surface area contributed by atoms with Gasteiger partial charge in [0.15, 0.2) is 0 Å². The predicted molar refractivity (Wildman–Crippen MR) is 84.6 cm³/mol. The molecule has 110 valence electrons. The Balaban J connectivity index is 2.40. The monoisotopic (exact) mass is 303 g/mol. The van der Waals surface area contributed by atoms with Gasteiger partial charge in [0.25, 0.3) is 5.56 Å². The van der Waals surface area contributed by atoms with Gasteiger partial charge >= 0.3 is 5.69 Å². The van der Waals surface area contributed by atoms with Gasteiger partial charge in [-0.25, -0.2) is 4.79 Å². The standard InChI is InChI=1S/C15H17N3O2S/c1-2-8-17-9-5-14(19)18(15(17)20)11-13-12(4-3-7-16)6-10-21-13/h5-6,9-10H,2,7-8,11,16H2,1H3. The van der Waals surface area contributed by atoms with E-state index in [0.717, 1.165) is 16.9 Å². The van der Waals surface area contributed by atoms with E-state index < -0.39 is 0 Å². The molecule has 0 aromatic carbocycles. The van der Waals surface area contributed by atoms with Crippen molar-refractivity contribution in [3.05, 3.63) is 55.0 Å². The summed E-state index contributed by atoms with van der Waals surface area (Å²) in [6.07, 6.45) is 2.39. The number of thiophene rings is 1. The van der Waals surface area contributed by atoms with Crippen molar-refractivity contribution in [3.8, 4) is 11.8 Å². The molecule has 0 aliphatic heterocycles. The highest BCUT2D eigenvalue weighted by atomic mass is 32.1. The maximum absolute atomic E-state index is 12.3. The van der Waals surface area contributed by atoms with Gasteiger partial charge in [-0.3, -0.25) is 9.36 Å². The van der Waals surface area contributed by atoms with Gasteiger partial charge in [0.05, 0.1) is 13.1 Å². The molecule has 2 aromatic rings. The van der Waals surface area contributed by atoms with Crippen LogP contribution >= 0.6 is 11.3 Å². The van der Waals surface area contributed by atoms with Crippen LogP contribution in [-0.2, 0) is 13.1 Å². The Morgan fingerprint density at radius 1 is 1.33 bits per heavy atom. The van der Waals surface area contributed by atoms with Crippen molar-refractivity contribution in [1.29, 1.82) is 0 Å². The third kappa shape index (κ3) is 3.51. The summed E-state index contributed by atoms with van der Waals surface area (Å²) in [5.74, 6) is 5.75. The zero-order valence-corrected chi connectivity index (χ0v) is 12.7. The summed E-state index contributed by atoms with van der Waals surface area (Å²) in [4.78, 5) is 25.1. The van der Waals surface area contributed by atoms with Gasteiger partial charge in [0.1, 0.15) is 0 Å². The van der Waals surface area contributed by atoms with Crippen LogP contribution in [0.3, 0.4) is 0 Å². The van der Waals surface area contributed by atoms with E-state index in [9.17, 15) is 9.59 Å². The number of nitrogens with zero attached hydrogens (tertiary/aromatic N) is 2. The van der Waals surface area contributed by atoms with Crippen LogP contribution in [0.2, 0.25) is 0 Å². The number of aromatic nitrogens is 2. The first-order valence-corrected chi connectivity index (χ1v) is 7.61. The molecule has 0 saturated carbocycles. The molecule has 2 heterocycles. The number of rotatable bonds is 4. The van der Waals surface area contributed by atoms with Crippen LogP contribution in [0.5, 0.6) is 0 Å². The fourth-order valence-electron chi connectivity index (χ4n) is 1.98. The predicted octanol–water partition coefficient (Wildman–Crippen LogP) is 0.840. The first-order valence-electron chi connectivity index (χ1n) is 6.73. The van der Waals surface area contributed by atoms with Crippen molar-refractivity contribution >= 4 is 11.3 Å². The van der Waals surface area contributed by atoms with Gasteiger partial charge in [0.2, 0.25) is 0 Å². The van der Waals surface area contributed by atoms with Crippen molar-refractivity contribution in [1.82, 2.24) is 9.13 Å². The number of hydrogen-bond donors (Lipinski definition) is 1. The second-order valence-electron chi connectivity index (χ2n) is 4.48. The van der Waals surface area contributed by atoms with Gasteiger partial charge < -0.3 is 10.3 Å². The van der Waals surface area contributed by atoms with Gasteiger partial charge in [-0.2, -0.15) is 0 Å². The molecule has 0 spiro atoms. The number of hydrogen-bond acceptors (Lipinski definition) is 4. The van der Waals surface area contributed by atoms with E-state index in [1.165, 1.54) is 22.0 Å². The second kappa shape index (κ2) is 7.07. The molecule has 2 rings (SSSR count). The topological polar surface area (TPSA) is 70.0 Å². The van der Waals surface area contributed by atoms with E-state index in [4.69, 9.17) is 5.73 Å². The minimum absolute atomic E-state index is 0.245. The van der Waals surface area contributed by atoms with Crippen LogP contribution in [0.25, 0.3) is 0 Å². The van der Waals surface area contributed by atoms with Crippen molar-refractivity contribution in [2.24, 2.45) is 5.73 Å². The van der Waals surface area contributed by atoms with Crippen LogP contribution in [-0.4, -0.2) is 15.7 Å². The SMILES string of the molecule is CCCn1ccc(=O)n(Cc2sccc2C#CCN)c1=O. The average molecular weight is 303 g/mol. The highest BCUT2D eigenvalue weighted by molar-refractivity contribution is 7.10. The van der Waals surface area contributed by atoms with Crippen LogP contribution in [0, 0.1) is 11.8 Å². The summed E-state index contributed by atoms with van der Waals surface area (Å²) in [5, 5.41) is 1.90. The van der Waals surface area contributed by atoms with Crippen LogP contribution in [0.1, 0.15) is 23.8 Å². The number of nitrogens with two attached hydrogens (primary N) is 1. The fraction of sp³-hybridized carbons (Fsp3) is 0.333. The average Bonchev–Trinajstić information content (AvgIpc) is 2.91. The van der Waals surface area contributed by atoms with Gasteiger partial charge in [0, 0.05) is 29.2 Å². The minimum atomic E-state index is -0.293. The maximum Gasteiger partial charge on any atom is 0.331 e. The third-order valence-electron chi connectivity index (χ3n) is 2.98. The molecule has 0 radical (unpaired) electrons. The lowest BCUT2D eigenvalue weighted by molar-refractivity contribution is 0.572. The van der Waals surface area contributed by atoms with E-state index in [2.05, 4.69) is 11.8 Å². The smallest absolute Gasteiger partial charge is 0.320 e.